The molecule has 1 aliphatic rings. The molecule has 5 rings (SSSR count). The number of amides is 1. The number of benzene rings is 2. The number of nitrogen functional groups attached to an aromatic ring is 1. The molecule has 0 aliphatic heterocycles. The number of rotatable bonds is 4. The number of aryl methyl sites for hydroxylation is 1. The van der Waals surface area contributed by atoms with Crippen molar-refractivity contribution in [3.05, 3.63) is 87.4 Å². The summed E-state index contributed by atoms with van der Waals surface area (Å²) < 4.78 is 42.8. The van der Waals surface area contributed by atoms with E-state index in [2.05, 4.69) is 10.3 Å². The molecule has 4 aromatic rings. The Morgan fingerprint density at radius 1 is 0.944 bits per heavy atom. The third-order valence-electron chi connectivity index (χ3n) is 6.35. The third kappa shape index (κ3) is 4.35. The number of nitrogens with two attached hydrogens (primary N) is 1. The van der Waals surface area contributed by atoms with Crippen LogP contribution in [0.25, 0.3) is 10.2 Å². The van der Waals surface area contributed by atoms with E-state index in [0.29, 0.717) is 24.1 Å². The minimum Gasteiger partial charge on any atom is -0.397 e. The van der Waals surface area contributed by atoms with Crippen molar-refractivity contribution >= 4 is 44.6 Å². The summed E-state index contributed by atoms with van der Waals surface area (Å²) in [5.74, 6) is -0.979. The lowest BCUT2D eigenvalue weighted by Crippen LogP contribution is -2.16. The summed E-state index contributed by atoms with van der Waals surface area (Å²) in [6.07, 6.45) is -1.64. The van der Waals surface area contributed by atoms with Crippen LogP contribution in [0.4, 0.5) is 24.5 Å². The molecule has 0 saturated carbocycles. The molecule has 2 heterocycles. The number of nitrogens with zero attached hydrogens (tertiary/aromatic N) is 1. The van der Waals surface area contributed by atoms with E-state index in [1.54, 1.807) is 54.6 Å². The minimum atomic E-state index is -4.63. The molecule has 2 aromatic carbocycles. The number of pyridine rings is 1. The Bertz CT molecular complexity index is 1480. The van der Waals surface area contributed by atoms with Crippen LogP contribution in [0.2, 0.25) is 0 Å². The third-order valence-corrected chi connectivity index (χ3v) is 7.45. The Balaban J connectivity index is 1.57. The van der Waals surface area contributed by atoms with E-state index in [9.17, 15) is 22.8 Å². The number of carbonyl (C=O) groups is 2. The molecule has 0 radical (unpaired) electrons. The number of ketones is 1. The topological polar surface area (TPSA) is 85.1 Å². The molecule has 0 fully saturated rings. The predicted octanol–water partition coefficient (Wildman–Crippen LogP) is 6.65. The number of para-hydroxylation sites is 1. The highest BCUT2D eigenvalue weighted by Gasteiger charge is 2.39. The van der Waals surface area contributed by atoms with E-state index in [1.165, 1.54) is 0 Å². The average molecular weight is 510 g/mol. The van der Waals surface area contributed by atoms with Gasteiger partial charge in [-0.05, 0) is 43.4 Å². The van der Waals surface area contributed by atoms with E-state index in [4.69, 9.17) is 5.73 Å². The molecule has 0 unspecified atom stereocenters. The highest BCUT2D eigenvalue weighted by atomic mass is 32.1. The molecule has 1 amide bonds. The number of thiophene rings is 1. The summed E-state index contributed by atoms with van der Waals surface area (Å²) in [5.41, 5.74) is 6.73. The Kier molecular flexibility index (Phi) is 6.26. The molecular formula is C27H22F3N3O2S. The van der Waals surface area contributed by atoms with Gasteiger partial charge in [0.2, 0.25) is 0 Å². The largest absolute Gasteiger partial charge is 0.417 e. The zero-order valence-corrected chi connectivity index (χ0v) is 19.9. The molecule has 9 heteroatoms. The van der Waals surface area contributed by atoms with Crippen LogP contribution in [0.15, 0.2) is 54.6 Å². The predicted molar refractivity (Wildman–Crippen MR) is 135 cm³/mol. The maximum atomic E-state index is 14.3. The number of halogens is 3. The van der Waals surface area contributed by atoms with Crippen LogP contribution >= 0.6 is 11.3 Å². The van der Waals surface area contributed by atoms with Gasteiger partial charge in [0.1, 0.15) is 9.71 Å². The van der Waals surface area contributed by atoms with E-state index in [0.717, 1.165) is 24.2 Å². The fourth-order valence-electron chi connectivity index (χ4n) is 4.68. The van der Waals surface area contributed by atoms with Crippen molar-refractivity contribution in [1.82, 2.24) is 4.98 Å². The summed E-state index contributed by atoms with van der Waals surface area (Å²) >= 11 is 0.839. The summed E-state index contributed by atoms with van der Waals surface area (Å²) in [5, 5.41) is 2.46. The van der Waals surface area contributed by atoms with Gasteiger partial charge in [-0.15, -0.1) is 11.3 Å². The quantitative estimate of drug-likeness (QED) is 0.238. The number of alkyl halides is 3. The maximum Gasteiger partial charge on any atom is 0.417 e. The van der Waals surface area contributed by atoms with Crippen molar-refractivity contribution in [1.29, 1.82) is 0 Å². The molecule has 3 N–H and O–H groups in total. The maximum absolute atomic E-state index is 14.3. The summed E-state index contributed by atoms with van der Waals surface area (Å²) in [4.78, 5) is 30.8. The Labute approximate surface area is 209 Å². The SMILES string of the molecule is Nc1c(C(=O)Nc2ccccc2C(=O)c2ccccc2)sc2nc3c(c(C(F)(F)F)c12)CCCCC3. The van der Waals surface area contributed by atoms with Crippen molar-refractivity contribution in [3.8, 4) is 0 Å². The molecule has 36 heavy (non-hydrogen) atoms. The van der Waals surface area contributed by atoms with Gasteiger partial charge in [0.05, 0.1) is 16.9 Å². The van der Waals surface area contributed by atoms with Crippen molar-refractivity contribution in [3.63, 3.8) is 0 Å². The van der Waals surface area contributed by atoms with E-state index < -0.39 is 17.6 Å². The van der Waals surface area contributed by atoms with Gasteiger partial charge in [-0.25, -0.2) is 4.98 Å². The number of hydrogen-bond acceptors (Lipinski definition) is 5. The fourth-order valence-corrected chi connectivity index (χ4v) is 5.70. The molecule has 0 saturated heterocycles. The molecule has 2 aromatic heterocycles. The van der Waals surface area contributed by atoms with Crippen LogP contribution in [-0.4, -0.2) is 16.7 Å². The molecule has 0 bridgehead atoms. The van der Waals surface area contributed by atoms with Gasteiger partial charge in [-0.2, -0.15) is 13.2 Å². The number of anilines is 2. The number of nitrogens with one attached hydrogen (secondary N) is 1. The Morgan fingerprint density at radius 3 is 2.39 bits per heavy atom. The van der Waals surface area contributed by atoms with Gasteiger partial charge in [0.25, 0.3) is 5.91 Å². The fraction of sp³-hybridized carbons (Fsp3) is 0.222. The first-order valence-corrected chi connectivity index (χ1v) is 12.4. The highest BCUT2D eigenvalue weighted by Crippen LogP contribution is 2.45. The second kappa shape index (κ2) is 9.39. The standard InChI is InChI=1S/C27H22F3N3O2S/c28-27(29,30)21-16-11-5-2-6-13-18(16)33-26-20(21)22(31)24(36-26)25(35)32-19-14-8-7-12-17(19)23(34)15-9-3-1-4-10-15/h1,3-4,7-10,12,14H,2,5-6,11,13,31H2,(H,32,35). The average Bonchev–Trinajstić information content (AvgIpc) is 3.02. The molecule has 184 valence electrons. The van der Waals surface area contributed by atoms with Crippen molar-refractivity contribution in [2.24, 2.45) is 0 Å². The molecular weight excluding hydrogens is 487 g/mol. The van der Waals surface area contributed by atoms with Crippen molar-refractivity contribution in [2.45, 2.75) is 38.3 Å². The zero-order valence-electron chi connectivity index (χ0n) is 19.1. The van der Waals surface area contributed by atoms with Gasteiger partial charge in [0.15, 0.2) is 5.78 Å². The van der Waals surface area contributed by atoms with Gasteiger partial charge >= 0.3 is 6.18 Å². The smallest absolute Gasteiger partial charge is 0.397 e. The first-order valence-electron chi connectivity index (χ1n) is 11.6. The number of carbonyl (C=O) groups excluding carboxylic acids is 2. The number of fused-ring (bicyclic) bond motifs is 2. The minimum absolute atomic E-state index is 0.0647. The van der Waals surface area contributed by atoms with Crippen molar-refractivity contribution < 1.29 is 22.8 Å². The van der Waals surface area contributed by atoms with E-state index >= 15 is 0 Å². The van der Waals surface area contributed by atoms with Crippen molar-refractivity contribution in [2.75, 3.05) is 11.1 Å². The molecule has 0 spiro atoms. The van der Waals surface area contributed by atoms with Crippen LogP contribution in [0.1, 0.15) is 61.7 Å². The molecule has 5 nitrogen and oxygen atoms in total. The number of aromatic nitrogens is 1. The normalized spacial score (nSPS) is 13.8. The second-order valence-electron chi connectivity index (χ2n) is 8.69. The zero-order chi connectivity index (χ0) is 25.4. The van der Waals surface area contributed by atoms with Gasteiger partial charge < -0.3 is 11.1 Å². The monoisotopic (exact) mass is 509 g/mol. The lowest BCUT2D eigenvalue weighted by Gasteiger charge is -2.16. The van der Waals surface area contributed by atoms with Crippen LogP contribution in [0, 0.1) is 0 Å². The van der Waals surface area contributed by atoms with Crippen LogP contribution < -0.4 is 11.1 Å². The van der Waals surface area contributed by atoms with Crippen LogP contribution in [0.3, 0.4) is 0 Å². The molecule has 1 aliphatic carbocycles. The number of hydrogen-bond donors (Lipinski definition) is 2. The lowest BCUT2D eigenvalue weighted by atomic mass is 9.98. The van der Waals surface area contributed by atoms with Crippen LogP contribution in [-0.2, 0) is 19.0 Å². The van der Waals surface area contributed by atoms with Gasteiger partial charge in [-0.1, -0.05) is 48.9 Å². The second-order valence-corrected chi connectivity index (χ2v) is 9.69. The first-order chi connectivity index (χ1) is 17.3. The summed E-state index contributed by atoms with van der Waals surface area (Å²) in [6, 6.07) is 15.1. The highest BCUT2D eigenvalue weighted by molar-refractivity contribution is 7.21. The summed E-state index contributed by atoms with van der Waals surface area (Å²) in [6.45, 7) is 0. The van der Waals surface area contributed by atoms with Gasteiger partial charge in [0, 0.05) is 22.2 Å². The van der Waals surface area contributed by atoms with E-state index in [-0.39, 0.29) is 49.8 Å². The Morgan fingerprint density at radius 2 is 1.64 bits per heavy atom. The van der Waals surface area contributed by atoms with Crippen LogP contribution in [0.5, 0.6) is 0 Å². The summed E-state index contributed by atoms with van der Waals surface area (Å²) in [7, 11) is 0. The van der Waals surface area contributed by atoms with Gasteiger partial charge in [-0.3, -0.25) is 9.59 Å². The molecule has 0 atom stereocenters. The Hall–Kier alpha value is -3.72. The van der Waals surface area contributed by atoms with E-state index in [1.807, 2.05) is 0 Å². The lowest BCUT2D eigenvalue weighted by molar-refractivity contribution is -0.137. The first kappa shape index (κ1) is 24.0.